The minimum Gasteiger partial charge on any atom is -0.506 e. The molecule has 4 aromatic heterocycles. The van der Waals surface area contributed by atoms with Crippen LogP contribution in [0.4, 0.5) is 5.82 Å². The van der Waals surface area contributed by atoms with Crippen LogP contribution in [0.1, 0.15) is 0 Å². The van der Waals surface area contributed by atoms with Crippen molar-refractivity contribution in [3.8, 4) is 28.3 Å². The minimum atomic E-state index is 0.148. The Balaban J connectivity index is 1.44. The molecule has 0 unspecified atom stereocenters. The van der Waals surface area contributed by atoms with Gasteiger partial charge in [-0.3, -0.25) is 10.1 Å². The summed E-state index contributed by atoms with van der Waals surface area (Å²) in [6, 6.07) is 12.0. The Labute approximate surface area is 184 Å². The third-order valence-corrected chi connectivity index (χ3v) is 6.21. The number of hydrogen-bond acceptors (Lipinski definition) is 6. The average Bonchev–Trinajstić information content (AvgIpc) is 3.43. The summed E-state index contributed by atoms with van der Waals surface area (Å²) < 4.78 is 0. The zero-order chi connectivity index (χ0) is 21.7. The fourth-order valence-electron chi connectivity index (χ4n) is 4.42. The standard InChI is InChI=1S/C24H23N7O/c1-30-6-8-31(9-7-30)24-19-12-22(27-20(19)4-5-26-24)23-18-11-15(2-3-21(18)28-29-23)16-10-17(32)14-25-13-16/h2-5,10-14,27,32H,6-9H2,1H3,(H,28,29). The van der Waals surface area contributed by atoms with E-state index in [1.54, 1.807) is 12.3 Å². The van der Waals surface area contributed by atoms with Gasteiger partial charge in [-0.2, -0.15) is 5.10 Å². The van der Waals surface area contributed by atoms with Gasteiger partial charge < -0.3 is 19.9 Å². The lowest BCUT2D eigenvalue weighted by atomic mass is 10.0. The molecule has 32 heavy (non-hydrogen) atoms. The van der Waals surface area contributed by atoms with Crippen LogP contribution in [0.2, 0.25) is 0 Å². The van der Waals surface area contributed by atoms with Crippen LogP contribution in [-0.2, 0) is 0 Å². The number of H-pyrrole nitrogens is 2. The number of hydrogen-bond donors (Lipinski definition) is 3. The van der Waals surface area contributed by atoms with Crippen molar-refractivity contribution in [3.05, 3.63) is 55.0 Å². The molecule has 1 fully saturated rings. The van der Waals surface area contributed by atoms with Crippen molar-refractivity contribution < 1.29 is 5.11 Å². The van der Waals surface area contributed by atoms with Gasteiger partial charge in [-0.05, 0) is 42.9 Å². The van der Waals surface area contributed by atoms with Gasteiger partial charge in [-0.1, -0.05) is 6.07 Å². The number of aromatic amines is 2. The first-order valence-electron chi connectivity index (χ1n) is 10.7. The van der Waals surface area contributed by atoms with Crippen molar-refractivity contribution in [2.75, 3.05) is 38.1 Å². The molecular formula is C24H23N7O. The largest absolute Gasteiger partial charge is 0.506 e. The molecule has 0 amide bonds. The molecular weight excluding hydrogens is 402 g/mol. The second kappa shape index (κ2) is 7.35. The van der Waals surface area contributed by atoms with Crippen molar-refractivity contribution in [1.82, 2.24) is 30.0 Å². The van der Waals surface area contributed by atoms with E-state index in [2.05, 4.69) is 49.1 Å². The van der Waals surface area contributed by atoms with E-state index >= 15 is 0 Å². The molecule has 5 aromatic rings. The van der Waals surface area contributed by atoms with Crippen LogP contribution in [0.5, 0.6) is 5.75 Å². The lowest BCUT2D eigenvalue weighted by molar-refractivity contribution is 0.312. The number of nitrogens with one attached hydrogen (secondary N) is 2. The molecule has 0 radical (unpaired) electrons. The minimum absolute atomic E-state index is 0.148. The zero-order valence-electron chi connectivity index (χ0n) is 17.7. The van der Waals surface area contributed by atoms with E-state index in [9.17, 15) is 5.11 Å². The molecule has 3 N–H and O–H groups in total. The smallest absolute Gasteiger partial charge is 0.138 e. The normalized spacial score (nSPS) is 15.1. The topological polar surface area (TPSA) is 97.0 Å². The maximum absolute atomic E-state index is 9.81. The third kappa shape index (κ3) is 3.16. The summed E-state index contributed by atoms with van der Waals surface area (Å²) in [5.74, 6) is 1.17. The molecule has 0 atom stereocenters. The van der Waals surface area contributed by atoms with Crippen LogP contribution in [-0.4, -0.2) is 68.4 Å². The van der Waals surface area contributed by atoms with E-state index < -0.39 is 0 Å². The molecule has 8 heteroatoms. The molecule has 1 saturated heterocycles. The van der Waals surface area contributed by atoms with Crippen molar-refractivity contribution in [1.29, 1.82) is 0 Å². The summed E-state index contributed by atoms with van der Waals surface area (Å²) in [7, 11) is 2.16. The molecule has 0 aliphatic carbocycles. The van der Waals surface area contributed by atoms with Crippen LogP contribution in [0, 0.1) is 0 Å². The molecule has 0 saturated carbocycles. The number of pyridine rings is 2. The maximum atomic E-state index is 9.81. The van der Waals surface area contributed by atoms with E-state index in [-0.39, 0.29) is 5.75 Å². The number of aromatic hydroxyl groups is 1. The van der Waals surface area contributed by atoms with Crippen LogP contribution < -0.4 is 4.90 Å². The Bertz CT molecular complexity index is 1430. The van der Waals surface area contributed by atoms with Crippen molar-refractivity contribution in [2.24, 2.45) is 0 Å². The number of nitrogens with zero attached hydrogens (tertiary/aromatic N) is 5. The van der Waals surface area contributed by atoms with E-state index in [4.69, 9.17) is 4.98 Å². The van der Waals surface area contributed by atoms with Gasteiger partial charge >= 0.3 is 0 Å². The van der Waals surface area contributed by atoms with E-state index in [1.165, 1.54) is 6.20 Å². The van der Waals surface area contributed by atoms with Gasteiger partial charge in [-0.15, -0.1) is 0 Å². The molecule has 0 bridgehead atoms. The molecule has 1 aliphatic heterocycles. The van der Waals surface area contributed by atoms with Crippen LogP contribution >= 0.6 is 0 Å². The summed E-state index contributed by atoms with van der Waals surface area (Å²) in [5.41, 5.74) is 5.63. The molecule has 1 aromatic carbocycles. The van der Waals surface area contributed by atoms with Gasteiger partial charge in [0.25, 0.3) is 0 Å². The first-order valence-corrected chi connectivity index (χ1v) is 10.7. The number of rotatable bonds is 3. The lowest BCUT2D eigenvalue weighted by Gasteiger charge is -2.33. The fraction of sp³-hybridized carbons (Fsp3) is 0.208. The van der Waals surface area contributed by atoms with Crippen LogP contribution in [0.3, 0.4) is 0 Å². The van der Waals surface area contributed by atoms with Gasteiger partial charge in [0, 0.05) is 54.9 Å². The highest BCUT2D eigenvalue weighted by Gasteiger charge is 2.20. The molecule has 5 heterocycles. The van der Waals surface area contributed by atoms with Gasteiger partial charge in [0.1, 0.15) is 17.3 Å². The second-order valence-corrected chi connectivity index (χ2v) is 8.33. The van der Waals surface area contributed by atoms with Crippen LogP contribution in [0.25, 0.3) is 44.3 Å². The van der Waals surface area contributed by atoms with Crippen molar-refractivity contribution >= 4 is 27.6 Å². The Kier molecular flexibility index (Phi) is 4.32. The third-order valence-electron chi connectivity index (χ3n) is 6.21. The Hall–Kier alpha value is -3.91. The Morgan fingerprint density at radius 3 is 2.62 bits per heavy atom. The van der Waals surface area contributed by atoms with Gasteiger partial charge in [0.2, 0.25) is 0 Å². The Morgan fingerprint density at radius 2 is 1.78 bits per heavy atom. The van der Waals surface area contributed by atoms with Crippen molar-refractivity contribution in [2.45, 2.75) is 0 Å². The summed E-state index contributed by atoms with van der Waals surface area (Å²) in [4.78, 5) is 17.0. The zero-order valence-corrected chi connectivity index (χ0v) is 17.7. The number of likely N-dealkylation sites (N-methyl/N-ethyl adjacent to an activating group) is 1. The lowest BCUT2D eigenvalue weighted by Crippen LogP contribution is -2.44. The summed E-state index contributed by atoms with van der Waals surface area (Å²) in [6.07, 6.45) is 5.05. The fourth-order valence-corrected chi connectivity index (χ4v) is 4.42. The molecule has 1 aliphatic rings. The SMILES string of the molecule is CN1CCN(c2nccc3[nH]c(-c4n[nH]c5ccc(-c6cncc(O)c6)cc45)cc23)CC1. The first kappa shape index (κ1) is 18.8. The van der Waals surface area contributed by atoms with Gasteiger partial charge in [0.05, 0.1) is 22.9 Å². The van der Waals surface area contributed by atoms with Gasteiger partial charge in [-0.25, -0.2) is 4.98 Å². The van der Waals surface area contributed by atoms with E-state index in [0.717, 1.165) is 76.3 Å². The number of anilines is 1. The second-order valence-electron chi connectivity index (χ2n) is 8.33. The highest BCUT2D eigenvalue weighted by atomic mass is 16.3. The predicted octanol–water partition coefficient (Wildman–Crippen LogP) is 3.63. The predicted molar refractivity (Wildman–Crippen MR) is 126 cm³/mol. The number of benzene rings is 1. The molecule has 6 rings (SSSR count). The summed E-state index contributed by atoms with van der Waals surface area (Å²) in [6.45, 7) is 4.00. The summed E-state index contributed by atoms with van der Waals surface area (Å²) in [5, 5.41) is 19.7. The van der Waals surface area contributed by atoms with Gasteiger partial charge in [0.15, 0.2) is 0 Å². The number of aromatic nitrogens is 5. The van der Waals surface area contributed by atoms with Crippen LogP contribution in [0.15, 0.2) is 55.0 Å². The number of piperazine rings is 1. The molecule has 0 spiro atoms. The quantitative estimate of drug-likeness (QED) is 0.409. The molecule has 160 valence electrons. The van der Waals surface area contributed by atoms with Crippen molar-refractivity contribution in [3.63, 3.8) is 0 Å². The highest BCUT2D eigenvalue weighted by molar-refractivity contribution is 6.00. The van der Waals surface area contributed by atoms with E-state index in [0.29, 0.717) is 0 Å². The maximum Gasteiger partial charge on any atom is 0.138 e. The number of fused-ring (bicyclic) bond motifs is 2. The molecule has 8 nitrogen and oxygen atoms in total. The highest BCUT2D eigenvalue weighted by Crippen LogP contribution is 2.34. The monoisotopic (exact) mass is 425 g/mol. The Morgan fingerprint density at radius 1 is 0.906 bits per heavy atom. The summed E-state index contributed by atoms with van der Waals surface area (Å²) >= 11 is 0. The average molecular weight is 425 g/mol. The van der Waals surface area contributed by atoms with E-state index in [1.807, 2.05) is 24.4 Å². The first-order chi connectivity index (χ1) is 15.7.